The Hall–Kier alpha value is -2.66. The number of hydrogen-bond acceptors (Lipinski definition) is 2. The molecule has 0 aromatic heterocycles. The third-order valence-electron chi connectivity index (χ3n) is 6.31. The molecule has 0 spiro atoms. The van der Waals surface area contributed by atoms with Gasteiger partial charge in [0.1, 0.15) is 11.5 Å². The van der Waals surface area contributed by atoms with Crippen molar-refractivity contribution in [2.24, 2.45) is 0 Å². The van der Waals surface area contributed by atoms with Gasteiger partial charge in [0.05, 0.1) is 13.2 Å². The van der Waals surface area contributed by atoms with E-state index in [1.807, 2.05) is 0 Å². The zero-order valence-electron chi connectivity index (χ0n) is 22.1. The Morgan fingerprint density at radius 1 is 0.459 bits per heavy atom. The second-order valence-electron chi connectivity index (χ2n) is 8.84. The normalized spacial score (nSPS) is 11.1. The number of benzene rings is 4. The minimum atomic E-state index is -0.580. The lowest BCUT2D eigenvalue weighted by Crippen LogP contribution is -2.19. The van der Waals surface area contributed by atoms with E-state index in [2.05, 4.69) is 123 Å². The SMILES string of the molecule is CCOc1ccccc1P(CCCCCP(c1ccccc1)c1ccccc1)c1ccccc1OCC. The van der Waals surface area contributed by atoms with E-state index in [0.717, 1.165) is 17.7 Å². The molecule has 0 fully saturated rings. The summed E-state index contributed by atoms with van der Waals surface area (Å²) < 4.78 is 12.1. The molecule has 0 atom stereocenters. The molecule has 0 bridgehead atoms. The Kier molecular flexibility index (Phi) is 11.0. The van der Waals surface area contributed by atoms with Gasteiger partial charge in [-0.15, -0.1) is 0 Å². The third kappa shape index (κ3) is 7.67. The van der Waals surface area contributed by atoms with E-state index in [-0.39, 0.29) is 7.92 Å². The summed E-state index contributed by atoms with van der Waals surface area (Å²) in [6.45, 7) is 5.47. The molecule has 0 radical (unpaired) electrons. The van der Waals surface area contributed by atoms with Gasteiger partial charge in [-0.05, 0) is 77.6 Å². The molecule has 0 aliphatic heterocycles. The van der Waals surface area contributed by atoms with E-state index in [1.165, 1.54) is 46.6 Å². The van der Waals surface area contributed by atoms with Crippen LogP contribution in [-0.2, 0) is 0 Å². The van der Waals surface area contributed by atoms with Crippen molar-refractivity contribution in [3.05, 3.63) is 109 Å². The smallest absolute Gasteiger partial charge is 0.127 e. The maximum Gasteiger partial charge on any atom is 0.127 e. The summed E-state index contributed by atoms with van der Waals surface area (Å²) in [4.78, 5) is 0. The average Bonchev–Trinajstić information content (AvgIpc) is 2.95. The molecule has 37 heavy (non-hydrogen) atoms. The van der Waals surface area contributed by atoms with E-state index >= 15 is 0 Å². The second kappa shape index (κ2) is 14.9. The Balaban J connectivity index is 1.48. The van der Waals surface area contributed by atoms with Crippen molar-refractivity contribution in [1.29, 1.82) is 0 Å². The van der Waals surface area contributed by atoms with Crippen molar-refractivity contribution in [3.63, 3.8) is 0 Å². The lowest BCUT2D eigenvalue weighted by molar-refractivity contribution is 0.342. The highest BCUT2D eigenvalue weighted by Gasteiger charge is 2.21. The fourth-order valence-corrected chi connectivity index (χ4v) is 9.67. The van der Waals surface area contributed by atoms with Crippen molar-refractivity contribution in [3.8, 4) is 11.5 Å². The highest BCUT2D eigenvalue weighted by Crippen LogP contribution is 2.42. The summed E-state index contributed by atoms with van der Waals surface area (Å²) in [7, 11) is -0.905. The van der Waals surface area contributed by atoms with Crippen molar-refractivity contribution in [1.82, 2.24) is 0 Å². The van der Waals surface area contributed by atoms with Gasteiger partial charge in [0.15, 0.2) is 0 Å². The summed E-state index contributed by atoms with van der Waals surface area (Å²) >= 11 is 0. The quantitative estimate of drug-likeness (QED) is 0.127. The molecule has 0 heterocycles. The molecule has 0 amide bonds. The van der Waals surface area contributed by atoms with Crippen LogP contribution in [0.25, 0.3) is 0 Å². The molecule has 0 saturated carbocycles. The zero-order valence-corrected chi connectivity index (χ0v) is 23.8. The van der Waals surface area contributed by atoms with Crippen molar-refractivity contribution >= 4 is 37.1 Å². The lowest BCUT2D eigenvalue weighted by atomic mass is 10.3. The highest BCUT2D eigenvalue weighted by molar-refractivity contribution is 7.73. The molecule has 4 aromatic rings. The van der Waals surface area contributed by atoms with Crippen molar-refractivity contribution < 1.29 is 9.47 Å². The summed E-state index contributed by atoms with van der Waals surface area (Å²) in [6, 6.07) is 39.3. The van der Waals surface area contributed by atoms with Crippen LogP contribution in [0.1, 0.15) is 33.1 Å². The van der Waals surface area contributed by atoms with E-state index in [4.69, 9.17) is 9.47 Å². The molecular weight excluding hydrogens is 490 g/mol. The van der Waals surface area contributed by atoms with Crippen LogP contribution < -0.4 is 30.7 Å². The summed E-state index contributed by atoms with van der Waals surface area (Å²) in [6.07, 6.45) is 6.02. The van der Waals surface area contributed by atoms with Crippen LogP contribution in [-0.4, -0.2) is 25.5 Å². The molecule has 0 N–H and O–H groups in total. The maximum absolute atomic E-state index is 6.07. The van der Waals surface area contributed by atoms with Crippen molar-refractivity contribution in [2.45, 2.75) is 33.1 Å². The standard InChI is InChI=1S/C33H38O2P2/c1-3-34-30-22-12-14-24-32(30)37(33-25-15-13-23-31(33)35-4-2)27-17-7-16-26-36(28-18-8-5-9-19-28)29-20-10-6-11-21-29/h5-6,8-15,18-25H,3-4,7,16-17,26-27H2,1-2H3. The van der Waals surface area contributed by atoms with Gasteiger partial charge in [-0.2, -0.15) is 0 Å². The van der Waals surface area contributed by atoms with Crippen LogP contribution in [0.3, 0.4) is 0 Å². The zero-order chi connectivity index (χ0) is 25.7. The van der Waals surface area contributed by atoms with E-state index in [1.54, 1.807) is 0 Å². The van der Waals surface area contributed by atoms with Gasteiger partial charge in [0, 0.05) is 10.6 Å². The minimum absolute atomic E-state index is 0.325. The first-order valence-corrected chi connectivity index (χ1v) is 16.5. The molecule has 2 nitrogen and oxygen atoms in total. The van der Waals surface area contributed by atoms with Gasteiger partial charge in [-0.1, -0.05) is 103 Å². The summed E-state index contributed by atoms with van der Waals surface area (Å²) in [5.74, 6) is 2.03. The lowest BCUT2D eigenvalue weighted by Gasteiger charge is -2.24. The number of rotatable bonds is 14. The van der Waals surface area contributed by atoms with Crippen LogP contribution in [0.2, 0.25) is 0 Å². The highest BCUT2D eigenvalue weighted by atomic mass is 31.1. The van der Waals surface area contributed by atoms with Crippen molar-refractivity contribution in [2.75, 3.05) is 25.5 Å². The number of hydrogen-bond donors (Lipinski definition) is 0. The first-order chi connectivity index (χ1) is 18.3. The van der Waals surface area contributed by atoms with Crippen LogP contribution in [0.5, 0.6) is 11.5 Å². The Bertz CT molecular complexity index is 1110. The molecule has 4 heteroatoms. The molecule has 192 valence electrons. The van der Waals surface area contributed by atoms with Gasteiger partial charge in [-0.3, -0.25) is 0 Å². The molecule has 4 aromatic carbocycles. The minimum Gasteiger partial charge on any atom is -0.493 e. The third-order valence-corrected chi connectivity index (χ3v) is 11.6. The molecule has 4 rings (SSSR count). The van der Waals surface area contributed by atoms with Gasteiger partial charge in [0.25, 0.3) is 0 Å². The van der Waals surface area contributed by atoms with Crippen LogP contribution >= 0.6 is 15.8 Å². The van der Waals surface area contributed by atoms with Crippen LogP contribution in [0.15, 0.2) is 109 Å². The number of para-hydroxylation sites is 2. The van der Waals surface area contributed by atoms with Crippen LogP contribution in [0, 0.1) is 0 Å². The number of unbranched alkanes of at least 4 members (excludes halogenated alkanes) is 2. The molecule has 0 saturated heterocycles. The monoisotopic (exact) mass is 528 g/mol. The fourth-order valence-electron chi connectivity index (χ4n) is 4.63. The number of ether oxygens (including phenoxy) is 2. The fraction of sp³-hybridized carbons (Fsp3) is 0.273. The topological polar surface area (TPSA) is 18.5 Å². The first kappa shape index (κ1) is 27.4. The molecule has 0 unspecified atom stereocenters. The maximum atomic E-state index is 6.07. The van der Waals surface area contributed by atoms with Gasteiger partial charge < -0.3 is 9.47 Å². The van der Waals surface area contributed by atoms with E-state index in [9.17, 15) is 0 Å². The van der Waals surface area contributed by atoms with E-state index in [0.29, 0.717) is 13.2 Å². The van der Waals surface area contributed by atoms with Gasteiger partial charge in [-0.25, -0.2) is 0 Å². The first-order valence-electron chi connectivity index (χ1n) is 13.4. The summed E-state index contributed by atoms with van der Waals surface area (Å²) in [5, 5.41) is 5.59. The second-order valence-corrected chi connectivity index (χ2v) is 13.4. The molecule has 0 aliphatic carbocycles. The Morgan fingerprint density at radius 2 is 0.865 bits per heavy atom. The largest absolute Gasteiger partial charge is 0.493 e. The predicted octanol–water partition coefficient (Wildman–Crippen LogP) is 7.22. The molecular formula is C33H38O2P2. The average molecular weight is 529 g/mol. The Morgan fingerprint density at radius 3 is 1.32 bits per heavy atom. The van der Waals surface area contributed by atoms with Gasteiger partial charge >= 0.3 is 0 Å². The Labute approximate surface area is 225 Å². The van der Waals surface area contributed by atoms with Gasteiger partial charge in [0.2, 0.25) is 0 Å². The summed E-state index contributed by atoms with van der Waals surface area (Å²) in [5.41, 5.74) is 0. The van der Waals surface area contributed by atoms with Crippen LogP contribution in [0.4, 0.5) is 0 Å². The van der Waals surface area contributed by atoms with E-state index < -0.39 is 7.92 Å². The molecule has 0 aliphatic rings. The predicted molar refractivity (Wildman–Crippen MR) is 164 cm³/mol.